The second-order valence-electron chi connectivity index (χ2n) is 5.43. The van der Waals surface area contributed by atoms with E-state index in [1.54, 1.807) is 48.5 Å². The molecule has 2 N–H and O–H groups in total. The summed E-state index contributed by atoms with van der Waals surface area (Å²) in [7, 11) is 0. The van der Waals surface area contributed by atoms with Gasteiger partial charge < -0.3 is 9.47 Å². The molecule has 0 aliphatic heterocycles. The molecule has 8 nitrogen and oxygen atoms in total. The standard InChI is InChI=1S/C19H17N3O5/c1-13-6-8-14(9-7-13)19(25)22-21-17(23)11-27-18(24)12-26-16-5-3-2-4-15(16)10-20/h2-9H,11-12H2,1H3,(H,21,23)(H,22,25). The summed E-state index contributed by atoms with van der Waals surface area (Å²) in [5.74, 6) is -1.75. The highest BCUT2D eigenvalue weighted by Gasteiger charge is 2.11. The van der Waals surface area contributed by atoms with E-state index in [4.69, 9.17) is 14.7 Å². The van der Waals surface area contributed by atoms with Crippen molar-refractivity contribution in [2.24, 2.45) is 0 Å². The van der Waals surface area contributed by atoms with Crippen LogP contribution in [-0.2, 0) is 14.3 Å². The van der Waals surface area contributed by atoms with E-state index < -0.39 is 31.0 Å². The number of para-hydroxylation sites is 1. The van der Waals surface area contributed by atoms with E-state index in [0.29, 0.717) is 5.56 Å². The van der Waals surface area contributed by atoms with E-state index >= 15 is 0 Å². The van der Waals surface area contributed by atoms with Crippen molar-refractivity contribution in [2.45, 2.75) is 6.92 Å². The number of carbonyl (C=O) groups is 3. The summed E-state index contributed by atoms with van der Waals surface area (Å²) in [6, 6.07) is 15.1. The predicted octanol–water partition coefficient (Wildman–Crippen LogP) is 1.25. The smallest absolute Gasteiger partial charge is 0.344 e. The molecule has 138 valence electrons. The molecule has 0 bridgehead atoms. The topological polar surface area (TPSA) is 118 Å². The maximum absolute atomic E-state index is 11.8. The fraction of sp³-hybridized carbons (Fsp3) is 0.158. The van der Waals surface area contributed by atoms with Gasteiger partial charge in [0.05, 0.1) is 5.56 Å². The van der Waals surface area contributed by atoms with E-state index in [-0.39, 0.29) is 11.3 Å². The molecule has 2 aromatic carbocycles. The highest BCUT2D eigenvalue weighted by Crippen LogP contribution is 2.16. The van der Waals surface area contributed by atoms with Crippen LogP contribution in [0.4, 0.5) is 0 Å². The normalized spacial score (nSPS) is 9.63. The van der Waals surface area contributed by atoms with Gasteiger partial charge in [0.15, 0.2) is 13.2 Å². The molecule has 8 heteroatoms. The van der Waals surface area contributed by atoms with Gasteiger partial charge in [-0.15, -0.1) is 0 Å². The minimum Gasteiger partial charge on any atom is -0.481 e. The van der Waals surface area contributed by atoms with Crippen molar-refractivity contribution in [3.05, 3.63) is 65.2 Å². The molecule has 2 aromatic rings. The molecule has 0 atom stereocenters. The van der Waals surface area contributed by atoms with Crippen LogP contribution in [0.15, 0.2) is 48.5 Å². The van der Waals surface area contributed by atoms with Crippen LogP contribution in [0.25, 0.3) is 0 Å². The van der Waals surface area contributed by atoms with E-state index in [0.717, 1.165) is 5.56 Å². The Hall–Kier alpha value is -3.86. The third-order valence-corrected chi connectivity index (χ3v) is 3.35. The van der Waals surface area contributed by atoms with Gasteiger partial charge in [-0.25, -0.2) is 4.79 Å². The lowest BCUT2D eigenvalue weighted by atomic mass is 10.1. The zero-order valence-electron chi connectivity index (χ0n) is 14.5. The molecule has 0 heterocycles. The maximum Gasteiger partial charge on any atom is 0.344 e. The molecule has 0 aromatic heterocycles. The molecule has 0 aliphatic rings. The first kappa shape index (κ1) is 19.5. The van der Waals surface area contributed by atoms with Crippen LogP contribution in [-0.4, -0.2) is 31.0 Å². The summed E-state index contributed by atoms with van der Waals surface area (Å²) >= 11 is 0. The second kappa shape index (κ2) is 9.58. The summed E-state index contributed by atoms with van der Waals surface area (Å²) in [4.78, 5) is 35.1. The summed E-state index contributed by atoms with van der Waals surface area (Å²) < 4.78 is 9.93. The molecular weight excluding hydrogens is 350 g/mol. The zero-order valence-corrected chi connectivity index (χ0v) is 14.5. The van der Waals surface area contributed by atoms with Gasteiger partial charge in [-0.3, -0.25) is 20.4 Å². The molecule has 0 radical (unpaired) electrons. The number of nitriles is 1. The zero-order chi connectivity index (χ0) is 19.6. The second-order valence-corrected chi connectivity index (χ2v) is 5.43. The van der Waals surface area contributed by atoms with E-state index in [1.807, 2.05) is 13.0 Å². The average molecular weight is 367 g/mol. The van der Waals surface area contributed by atoms with Crippen LogP contribution in [0, 0.1) is 18.3 Å². The first-order valence-electron chi connectivity index (χ1n) is 7.93. The summed E-state index contributed by atoms with van der Waals surface area (Å²) in [6.07, 6.45) is 0. The Labute approximate surface area is 155 Å². The first-order valence-corrected chi connectivity index (χ1v) is 7.93. The van der Waals surface area contributed by atoms with Gasteiger partial charge in [-0.1, -0.05) is 29.8 Å². The van der Waals surface area contributed by atoms with Gasteiger partial charge in [0.25, 0.3) is 11.8 Å². The van der Waals surface area contributed by atoms with Crippen molar-refractivity contribution in [3.63, 3.8) is 0 Å². The van der Waals surface area contributed by atoms with Crippen LogP contribution >= 0.6 is 0 Å². The Balaban J connectivity index is 1.70. The van der Waals surface area contributed by atoms with Gasteiger partial charge in [0.2, 0.25) is 0 Å². The molecule has 0 aliphatic carbocycles. The highest BCUT2D eigenvalue weighted by molar-refractivity contribution is 5.95. The molecule has 2 rings (SSSR count). The molecule has 0 unspecified atom stereocenters. The van der Waals surface area contributed by atoms with Gasteiger partial charge in [0, 0.05) is 5.56 Å². The Kier molecular flexibility index (Phi) is 6.91. The van der Waals surface area contributed by atoms with Crippen molar-refractivity contribution in [1.29, 1.82) is 5.26 Å². The SMILES string of the molecule is Cc1ccc(C(=O)NNC(=O)COC(=O)COc2ccccc2C#N)cc1. The third-order valence-electron chi connectivity index (χ3n) is 3.35. The Morgan fingerprint density at radius 1 is 1.00 bits per heavy atom. The Morgan fingerprint density at radius 2 is 1.70 bits per heavy atom. The minimum atomic E-state index is -0.789. The van der Waals surface area contributed by atoms with Crippen LogP contribution < -0.4 is 15.6 Å². The number of hydrazine groups is 1. The van der Waals surface area contributed by atoms with E-state index in [2.05, 4.69) is 10.9 Å². The van der Waals surface area contributed by atoms with E-state index in [1.165, 1.54) is 0 Å². The fourth-order valence-corrected chi connectivity index (χ4v) is 1.95. The van der Waals surface area contributed by atoms with Gasteiger partial charge >= 0.3 is 5.97 Å². The first-order chi connectivity index (χ1) is 13.0. The Morgan fingerprint density at radius 3 is 2.41 bits per heavy atom. The minimum absolute atomic E-state index is 0.242. The molecule has 2 amide bonds. The van der Waals surface area contributed by atoms with Crippen LogP contribution in [0.5, 0.6) is 5.75 Å². The number of nitrogens with one attached hydrogen (secondary N) is 2. The number of rotatable bonds is 6. The monoisotopic (exact) mass is 367 g/mol. The number of nitrogens with zero attached hydrogens (tertiary/aromatic N) is 1. The number of hydrogen-bond acceptors (Lipinski definition) is 6. The van der Waals surface area contributed by atoms with Crippen LogP contribution in [0.1, 0.15) is 21.5 Å². The lowest BCUT2D eigenvalue weighted by molar-refractivity contribution is -0.150. The lowest BCUT2D eigenvalue weighted by Crippen LogP contribution is -2.43. The number of ether oxygens (including phenoxy) is 2. The lowest BCUT2D eigenvalue weighted by Gasteiger charge is -2.09. The van der Waals surface area contributed by atoms with Crippen molar-refractivity contribution in [1.82, 2.24) is 10.9 Å². The predicted molar refractivity (Wildman–Crippen MR) is 94.4 cm³/mol. The van der Waals surface area contributed by atoms with Gasteiger partial charge in [0.1, 0.15) is 11.8 Å². The number of aryl methyl sites for hydroxylation is 1. The number of esters is 1. The van der Waals surface area contributed by atoms with Crippen LogP contribution in [0.2, 0.25) is 0 Å². The summed E-state index contributed by atoms with van der Waals surface area (Å²) in [5, 5.41) is 8.93. The van der Waals surface area contributed by atoms with Crippen LogP contribution in [0.3, 0.4) is 0 Å². The number of benzene rings is 2. The molecule has 0 saturated heterocycles. The third kappa shape index (κ3) is 6.17. The molecule has 0 spiro atoms. The maximum atomic E-state index is 11.8. The van der Waals surface area contributed by atoms with Crippen molar-refractivity contribution in [2.75, 3.05) is 13.2 Å². The van der Waals surface area contributed by atoms with Crippen molar-refractivity contribution >= 4 is 17.8 Å². The molecular formula is C19H17N3O5. The molecule has 0 fully saturated rings. The largest absolute Gasteiger partial charge is 0.481 e. The Bertz CT molecular complexity index is 872. The number of amides is 2. The highest BCUT2D eigenvalue weighted by atomic mass is 16.6. The number of carbonyl (C=O) groups excluding carboxylic acids is 3. The summed E-state index contributed by atoms with van der Waals surface area (Å²) in [5.41, 5.74) is 6.02. The molecule has 0 saturated carbocycles. The quantitative estimate of drug-likeness (QED) is 0.586. The fourth-order valence-electron chi connectivity index (χ4n) is 1.95. The number of hydrogen-bond donors (Lipinski definition) is 2. The summed E-state index contributed by atoms with van der Waals surface area (Å²) in [6.45, 7) is 0.846. The molecule has 27 heavy (non-hydrogen) atoms. The van der Waals surface area contributed by atoms with Gasteiger partial charge in [-0.05, 0) is 31.2 Å². The van der Waals surface area contributed by atoms with E-state index in [9.17, 15) is 14.4 Å². The average Bonchev–Trinajstić information content (AvgIpc) is 2.69. The van der Waals surface area contributed by atoms with Crippen molar-refractivity contribution < 1.29 is 23.9 Å². The van der Waals surface area contributed by atoms with Crippen molar-refractivity contribution in [3.8, 4) is 11.8 Å². The van der Waals surface area contributed by atoms with Gasteiger partial charge in [-0.2, -0.15) is 5.26 Å².